The van der Waals surface area contributed by atoms with E-state index in [1.807, 2.05) is 11.0 Å². The summed E-state index contributed by atoms with van der Waals surface area (Å²) < 4.78 is 33.0. The predicted octanol–water partition coefficient (Wildman–Crippen LogP) is 4.18. The third-order valence-corrected chi connectivity index (χ3v) is 6.19. The van der Waals surface area contributed by atoms with Crippen molar-refractivity contribution in [2.45, 2.75) is 50.1 Å². The monoisotopic (exact) mass is 424 g/mol. The van der Waals surface area contributed by atoms with Gasteiger partial charge in [0.15, 0.2) is 5.58 Å². The highest BCUT2D eigenvalue weighted by molar-refractivity contribution is 9.10. The molecule has 1 aliphatic heterocycles. The molecule has 0 unspecified atom stereocenters. The molecule has 0 bridgehead atoms. The third-order valence-electron chi connectivity index (χ3n) is 5.39. The number of anilines is 1. The van der Waals surface area contributed by atoms with Crippen LogP contribution < -0.4 is 5.32 Å². The second-order valence-electron chi connectivity index (χ2n) is 7.06. The number of aromatic nitrogens is 1. The van der Waals surface area contributed by atoms with E-state index < -0.39 is 12.3 Å². The van der Waals surface area contributed by atoms with Crippen LogP contribution in [0.4, 0.5) is 14.6 Å². The topological polar surface area (TPSA) is 65.1 Å². The van der Waals surface area contributed by atoms with Crippen molar-refractivity contribution in [3.05, 3.63) is 22.5 Å². The van der Waals surface area contributed by atoms with E-state index in [1.54, 1.807) is 12.3 Å². The molecule has 0 spiro atoms. The van der Waals surface area contributed by atoms with Crippen molar-refractivity contribution in [1.29, 1.82) is 5.26 Å². The molecule has 26 heavy (non-hydrogen) atoms. The molecule has 0 amide bonds. The second-order valence-corrected chi connectivity index (χ2v) is 7.85. The Balaban J connectivity index is 1.39. The number of halogens is 3. The van der Waals surface area contributed by atoms with Gasteiger partial charge in [0.1, 0.15) is 24.2 Å². The number of likely N-dealkylation sites (tertiary alicyclic amines) is 1. The van der Waals surface area contributed by atoms with E-state index in [9.17, 15) is 8.78 Å². The molecule has 2 aliphatic rings. The Bertz CT molecular complexity index is 834. The summed E-state index contributed by atoms with van der Waals surface area (Å²) in [6.45, 7) is 0.435. The molecule has 2 aromatic heterocycles. The molecular weight excluding hydrogens is 406 g/mol. The highest BCUT2D eigenvalue weighted by Gasteiger charge is 2.37. The summed E-state index contributed by atoms with van der Waals surface area (Å²) in [6, 6.07) is 4.21. The molecule has 1 saturated carbocycles. The van der Waals surface area contributed by atoms with E-state index >= 15 is 0 Å². The molecule has 1 aliphatic carbocycles. The number of hydrogen-bond acceptors (Lipinski definition) is 5. The quantitative estimate of drug-likeness (QED) is 0.800. The fourth-order valence-electron chi connectivity index (χ4n) is 3.96. The van der Waals surface area contributed by atoms with E-state index in [1.165, 1.54) is 0 Å². The van der Waals surface area contributed by atoms with Crippen LogP contribution in [-0.4, -0.2) is 47.4 Å². The molecule has 2 aromatic rings. The van der Waals surface area contributed by atoms with Gasteiger partial charge in [0.25, 0.3) is 0 Å². The molecule has 1 saturated heterocycles. The van der Waals surface area contributed by atoms with Crippen molar-refractivity contribution in [3.63, 3.8) is 0 Å². The first-order valence-corrected chi connectivity index (χ1v) is 9.61. The lowest BCUT2D eigenvalue weighted by Gasteiger charge is -2.34. The van der Waals surface area contributed by atoms with Crippen LogP contribution in [0.2, 0.25) is 0 Å². The Kier molecular flexibility index (Phi) is 4.84. The molecule has 138 valence electrons. The van der Waals surface area contributed by atoms with Gasteiger partial charge in [-0.2, -0.15) is 5.26 Å². The van der Waals surface area contributed by atoms with Gasteiger partial charge < -0.3 is 9.73 Å². The summed E-state index contributed by atoms with van der Waals surface area (Å²) in [5.74, 6) is 0.975. The van der Waals surface area contributed by atoms with Crippen LogP contribution in [0.1, 0.15) is 31.4 Å². The van der Waals surface area contributed by atoms with Gasteiger partial charge in [-0.15, -0.1) is 0 Å². The summed E-state index contributed by atoms with van der Waals surface area (Å²) in [5, 5.41) is 13.2. The molecule has 1 N–H and O–H groups in total. The van der Waals surface area contributed by atoms with Gasteiger partial charge in [-0.25, -0.2) is 13.8 Å². The summed E-state index contributed by atoms with van der Waals surface area (Å²) in [7, 11) is 0. The van der Waals surface area contributed by atoms with E-state index in [2.05, 4.69) is 26.2 Å². The Hall–Kier alpha value is -1.72. The maximum absolute atomic E-state index is 13.4. The molecule has 2 fully saturated rings. The average Bonchev–Trinajstić information content (AvgIpc) is 3.22. The molecular formula is C18H19BrF2N4O. The van der Waals surface area contributed by atoms with Gasteiger partial charge in [-0.05, 0) is 41.6 Å². The first-order valence-electron chi connectivity index (χ1n) is 8.82. The number of pyridine rings is 1. The Morgan fingerprint density at radius 2 is 1.92 bits per heavy atom. The number of nitriles is 1. The predicted molar refractivity (Wildman–Crippen MR) is 97.5 cm³/mol. The molecule has 2 atom stereocenters. The molecule has 0 radical (unpaired) electrons. The van der Waals surface area contributed by atoms with Gasteiger partial charge in [-0.1, -0.05) is 0 Å². The van der Waals surface area contributed by atoms with E-state index in [-0.39, 0.29) is 30.9 Å². The zero-order valence-corrected chi connectivity index (χ0v) is 15.7. The number of nitrogens with zero attached hydrogens (tertiary/aromatic N) is 3. The van der Waals surface area contributed by atoms with Crippen LogP contribution in [0.3, 0.4) is 0 Å². The van der Waals surface area contributed by atoms with Crippen LogP contribution >= 0.6 is 15.9 Å². The minimum atomic E-state index is -1.34. The van der Waals surface area contributed by atoms with Crippen molar-refractivity contribution in [2.75, 3.05) is 18.4 Å². The van der Waals surface area contributed by atoms with Gasteiger partial charge in [0.2, 0.25) is 5.76 Å². The fourth-order valence-corrected chi connectivity index (χ4v) is 4.49. The smallest absolute Gasteiger partial charge is 0.204 e. The third kappa shape index (κ3) is 3.30. The highest BCUT2D eigenvalue weighted by atomic mass is 79.9. The van der Waals surface area contributed by atoms with Crippen LogP contribution in [0.5, 0.6) is 0 Å². The van der Waals surface area contributed by atoms with Gasteiger partial charge in [-0.3, -0.25) is 4.90 Å². The molecule has 4 rings (SSSR count). The van der Waals surface area contributed by atoms with Crippen molar-refractivity contribution in [2.24, 2.45) is 0 Å². The number of hydrogen-bond donors (Lipinski definition) is 1. The van der Waals surface area contributed by atoms with Crippen LogP contribution in [0.25, 0.3) is 11.0 Å². The lowest BCUT2D eigenvalue weighted by Crippen LogP contribution is -2.39. The zero-order chi connectivity index (χ0) is 18.3. The number of rotatable bonds is 3. The first kappa shape index (κ1) is 17.7. The minimum Gasteiger partial charge on any atom is -0.444 e. The van der Waals surface area contributed by atoms with Gasteiger partial charge >= 0.3 is 0 Å². The average molecular weight is 425 g/mol. The Morgan fingerprint density at radius 1 is 1.23 bits per heavy atom. The van der Waals surface area contributed by atoms with Crippen molar-refractivity contribution in [3.8, 4) is 6.07 Å². The van der Waals surface area contributed by atoms with Gasteiger partial charge in [0.05, 0.1) is 10.7 Å². The maximum atomic E-state index is 13.4. The van der Waals surface area contributed by atoms with Gasteiger partial charge in [0, 0.05) is 36.6 Å². The highest BCUT2D eigenvalue weighted by Crippen LogP contribution is 2.34. The van der Waals surface area contributed by atoms with E-state index in [4.69, 9.17) is 9.68 Å². The Morgan fingerprint density at radius 3 is 2.58 bits per heavy atom. The zero-order valence-electron chi connectivity index (χ0n) is 14.1. The van der Waals surface area contributed by atoms with Crippen molar-refractivity contribution in [1.82, 2.24) is 9.88 Å². The minimum absolute atomic E-state index is 0.218. The normalized spacial score (nSPS) is 29.8. The van der Waals surface area contributed by atoms with Crippen LogP contribution in [0, 0.1) is 11.3 Å². The van der Waals surface area contributed by atoms with Crippen molar-refractivity contribution >= 4 is 32.7 Å². The molecule has 0 aromatic carbocycles. The fraction of sp³-hybridized carbons (Fsp3) is 0.556. The van der Waals surface area contributed by atoms with Crippen LogP contribution in [0.15, 0.2) is 21.2 Å². The second kappa shape index (κ2) is 7.12. The summed E-state index contributed by atoms with van der Waals surface area (Å²) >= 11 is 3.54. The van der Waals surface area contributed by atoms with E-state index in [0.29, 0.717) is 5.58 Å². The number of alkyl halides is 2. The maximum Gasteiger partial charge on any atom is 0.204 e. The van der Waals surface area contributed by atoms with E-state index in [0.717, 1.165) is 41.4 Å². The lowest BCUT2D eigenvalue weighted by atomic mass is 9.90. The summed E-state index contributed by atoms with van der Waals surface area (Å²) in [4.78, 5) is 6.35. The number of furan rings is 1. The molecule has 3 heterocycles. The Labute approximate surface area is 158 Å². The largest absolute Gasteiger partial charge is 0.444 e. The summed E-state index contributed by atoms with van der Waals surface area (Å²) in [6.07, 6.45) is 2.62. The molecule has 5 nitrogen and oxygen atoms in total. The summed E-state index contributed by atoms with van der Waals surface area (Å²) in [5.41, 5.74) is 0.568. The number of fused-ring (bicyclic) bond motifs is 1. The standard InChI is InChI=1S/C18H19BrF2N4O/c19-17-13-5-12(6-22)26-16(13)7-23-18(17)24-10-1-3-11(4-2-10)25-8-14(20)15(21)9-25/h5,7,10-11,14-15H,1-4,8-9H2,(H,23,24)/t10?,11?,14-,15-/m1/s1. The molecule has 8 heteroatoms. The SMILES string of the molecule is N#Cc1cc2c(Br)c(NC3CCC(N4C[C@@H](F)[C@H](F)C4)CC3)ncc2o1. The van der Waals surface area contributed by atoms with Crippen LogP contribution in [-0.2, 0) is 0 Å². The number of nitrogens with one attached hydrogen (secondary N) is 1. The first-order chi connectivity index (χ1) is 12.5. The lowest BCUT2D eigenvalue weighted by molar-refractivity contribution is 0.171. The van der Waals surface area contributed by atoms with Crippen molar-refractivity contribution < 1.29 is 13.2 Å².